The summed E-state index contributed by atoms with van der Waals surface area (Å²) in [6, 6.07) is 35.8. The number of aromatic hydroxyl groups is 1. The molecule has 4 aliphatic heterocycles. The Kier molecular flexibility index (Phi) is 8.70. The number of ketones is 1. The number of carbonyl (C=O) groups excluding carboxylic acids is 4. The van der Waals surface area contributed by atoms with Gasteiger partial charge in [-0.05, 0) is 73.0 Å². The third-order valence-electron chi connectivity index (χ3n) is 12.1. The highest BCUT2D eigenvalue weighted by Gasteiger charge is 2.69. The van der Waals surface area contributed by atoms with Crippen LogP contribution in [-0.4, -0.2) is 54.9 Å². The fraction of sp³-hybridized carbons (Fsp3) is 0.188. The van der Waals surface area contributed by atoms with Gasteiger partial charge in [-0.25, -0.2) is 14.9 Å². The predicted molar refractivity (Wildman–Crippen MR) is 232 cm³/mol. The van der Waals surface area contributed by atoms with Crippen LogP contribution in [-0.2, 0) is 19.9 Å². The number of rotatable bonds is 5. The van der Waals surface area contributed by atoms with Crippen LogP contribution in [0.2, 0.25) is 0 Å². The van der Waals surface area contributed by atoms with Crippen LogP contribution in [0.1, 0.15) is 54.5 Å². The number of para-hydroxylation sites is 4. The maximum absolute atomic E-state index is 14.5. The smallest absolute Gasteiger partial charge is 0.266 e. The Balaban J connectivity index is 0.000000185. The molecule has 302 valence electrons. The minimum absolute atomic E-state index is 0.0221. The molecule has 4 aliphatic rings. The van der Waals surface area contributed by atoms with Crippen molar-refractivity contribution in [3.63, 3.8) is 0 Å². The Morgan fingerprint density at radius 2 is 1.52 bits per heavy atom. The van der Waals surface area contributed by atoms with E-state index in [1.807, 2.05) is 72.8 Å². The number of carbonyl (C=O) groups is 4. The van der Waals surface area contributed by atoms with Gasteiger partial charge >= 0.3 is 0 Å². The van der Waals surface area contributed by atoms with Crippen LogP contribution >= 0.6 is 0 Å². The molecule has 5 aromatic carbocycles. The largest absolute Gasteiger partial charge is 0.494 e. The number of fused-ring (bicyclic) bond motifs is 10. The number of anilines is 2. The van der Waals surface area contributed by atoms with E-state index in [0.29, 0.717) is 62.7 Å². The van der Waals surface area contributed by atoms with Gasteiger partial charge in [-0.2, -0.15) is 0 Å². The van der Waals surface area contributed by atoms with Crippen LogP contribution < -0.4 is 21.1 Å². The molecule has 3 amide bonds. The number of Topliss-reactive ketones (excluding diaryl/α,β-unsaturated/α-hetero) is 1. The predicted octanol–water partition coefficient (Wildman–Crippen LogP) is 6.92. The molecule has 7 aromatic rings. The zero-order valence-corrected chi connectivity index (χ0v) is 33.3. The topological polar surface area (TPSA) is 179 Å². The average molecular weight is 810 g/mol. The Morgan fingerprint density at radius 3 is 2.28 bits per heavy atom. The third-order valence-corrected chi connectivity index (χ3v) is 12.1. The number of amides is 3. The van der Waals surface area contributed by atoms with Gasteiger partial charge in [0.25, 0.3) is 5.56 Å². The molecule has 11 rings (SSSR count). The maximum atomic E-state index is 14.5. The Labute approximate surface area is 348 Å². The molecular weight excluding hydrogens is 771 g/mol. The normalized spacial score (nSPS) is 20.8. The number of hydrogen-bond acceptors (Lipinski definition) is 9. The minimum atomic E-state index is -1.17. The summed E-state index contributed by atoms with van der Waals surface area (Å²) in [4.78, 5) is 80.1. The second-order valence-corrected chi connectivity index (χ2v) is 16.2. The van der Waals surface area contributed by atoms with Crippen LogP contribution in [0, 0.1) is 17.8 Å². The molecule has 4 atom stereocenters. The molecule has 0 aliphatic carbocycles. The van der Waals surface area contributed by atoms with E-state index in [2.05, 4.69) is 34.5 Å². The number of aliphatic imine (C=N–C) groups is 1. The number of hydrogen-bond donors (Lipinski definition) is 4. The van der Waals surface area contributed by atoms with Crippen molar-refractivity contribution in [3.05, 3.63) is 154 Å². The zero-order chi connectivity index (χ0) is 42.3. The fourth-order valence-corrected chi connectivity index (χ4v) is 9.68. The second-order valence-electron chi connectivity index (χ2n) is 16.2. The van der Waals surface area contributed by atoms with E-state index in [-0.39, 0.29) is 46.9 Å². The van der Waals surface area contributed by atoms with Gasteiger partial charge in [0.2, 0.25) is 23.5 Å². The molecule has 6 heterocycles. The first-order valence-electron chi connectivity index (χ1n) is 20.2. The number of aromatic amines is 1. The molecule has 2 saturated heterocycles. The number of benzene rings is 5. The van der Waals surface area contributed by atoms with Crippen LogP contribution in [0.25, 0.3) is 27.5 Å². The molecule has 0 saturated carbocycles. The van der Waals surface area contributed by atoms with Gasteiger partial charge in [0.05, 0.1) is 45.4 Å². The summed E-state index contributed by atoms with van der Waals surface area (Å²) in [5.41, 5.74) is 4.40. The first kappa shape index (κ1) is 37.7. The molecule has 1 spiro atoms. The van der Waals surface area contributed by atoms with Crippen molar-refractivity contribution in [2.45, 2.75) is 38.8 Å². The van der Waals surface area contributed by atoms with E-state index in [1.165, 1.54) is 11.8 Å². The van der Waals surface area contributed by atoms with Crippen LogP contribution in [0.5, 0.6) is 5.88 Å². The molecule has 13 heteroatoms. The van der Waals surface area contributed by atoms with Crippen molar-refractivity contribution >= 4 is 68.1 Å². The first-order valence-corrected chi connectivity index (χ1v) is 20.2. The molecule has 13 nitrogen and oxygen atoms in total. The summed E-state index contributed by atoms with van der Waals surface area (Å²) in [6.07, 6.45) is 0.664. The van der Waals surface area contributed by atoms with Gasteiger partial charge in [0.15, 0.2) is 5.88 Å². The van der Waals surface area contributed by atoms with Crippen molar-refractivity contribution in [1.82, 2.24) is 19.9 Å². The standard InChI is InChI=1S/C32H29N5O4.C16H10N2O2/c1-17(2)16-24-26-27(30(41)36(29(26)40)20-14-12-19(13-15-20)33-18(3)38)32(35-24)22-9-5-7-11-25(22)37-28(39)21-8-4-6-10-23(21)34-31(32)37;19-15-10-6-2-4-8-12(10)17-14(15)13-9-5-1-3-7-11(9)18-16(13)20/h4-15,17,24,26-27,35H,16H2,1-3H3,(H,33,38);1-8,18,20H/t24?,26-,27+,32?;/m0./s1. The van der Waals surface area contributed by atoms with E-state index in [4.69, 9.17) is 4.98 Å². The average Bonchev–Trinajstić information content (AvgIpc) is 4.01. The lowest BCUT2D eigenvalue weighted by Crippen LogP contribution is -2.50. The summed E-state index contributed by atoms with van der Waals surface area (Å²) in [5.74, 6) is -1.77. The van der Waals surface area contributed by atoms with Gasteiger partial charge in [0.1, 0.15) is 17.1 Å². The monoisotopic (exact) mass is 809 g/mol. The molecular formula is C48H39N7O6. The van der Waals surface area contributed by atoms with Crippen LogP contribution in [0.3, 0.4) is 0 Å². The Bertz CT molecular complexity index is 3110. The number of H-pyrrole nitrogens is 1. The van der Waals surface area contributed by atoms with Crippen molar-refractivity contribution in [2.24, 2.45) is 22.7 Å². The Morgan fingerprint density at radius 1 is 0.836 bits per heavy atom. The van der Waals surface area contributed by atoms with Crippen molar-refractivity contribution in [1.29, 1.82) is 0 Å². The van der Waals surface area contributed by atoms with E-state index in [1.54, 1.807) is 53.1 Å². The summed E-state index contributed by atoms with van der Waals surface area (Å²) >= 11 is 0. The SMILES string of the molecule is CC(=O)Nc1ccc(N2C(=O)[C@H]3C(CC(C)C)NC4(c5ccccc5-n5c4nc4ccccc4c5=O)[C@H]3C2=O)cc1.O=C1C(c2c(O)[nH]c3ccccc23)=Nc2ccccc21. The van der Waals surface area contributed by atoms with E-state index in [9.17, 15) is 29.1 Å². The zero-order valence-electron chi connectivity index (χ0n) is 33.3. The molecule has 2 unspecified atom stereocenters. The second kappa shape index (κ2) is 14.1. The van der Waals surface area contributed by atoms with E-state index in [0.717, 1.165) is 16.5 Å². The summed E-state index contributed by atoms with van der Waals surface area (Å²) in [5, 5.41) is 17.8. The van der Waals surface area contributed by atoms with Crippen molar-refractivity contribution in [2.75, 3.05) is 10.2 Å². The molecule has 61 heavy (non-hydrogen) atoms. The van der Waals surface area contributed by atoms with Crippen molar-refractivity contribution in [3.8, 4) is 11.6 Å². The summed E-state index contributed by atoms with van der Waals surface area (Å²) in [6.45, 7) is 5.60. The highest BCUT2D eigenvalue weighted by atomic mass is 16.3. The molecule has 0 bridgehead atoms. The highest BCUT2D eigenvalue weighted by Crippen LogP contribution is 2.56. The van der Waals surface area contributed by atoms with Crippen LogP contribution in [0.15, 0.2) is 131 Å². The van der Waals surface area contributed by atoms with Gasteiger partial charge < -0.3 is 15.4 Å². The molecule has 2 aromatic heterocycles. The quantitative estimate of drug-likeness (QED) is 0.135. The lowest BCUT2D eigenvalue weighted by Gasteiger charge is -2.32. The first-order chi connectivity index (χ1) is 29.5. The number of imide groups is 1. The number of nitrogens with one attached hydrogen (secondary N) is 3. The molecule has 0 radical (unpaired) electrons. The lowest BCUT2D eigenvalue weighted by molar-refractivity contribution is -0.123. The number of nitrogens with zero attached hydrogens (tertiary/aromatic N) is 4. The number of aromatic nitrogens is 3. The van der Waals surface area contributed by atoms with E-state index < -0.39 is 17.4 Å². The van der Waals surface area contributed by atoms with Gasteiger partial charge in [0, 0.05) is 40.7 Å². The molecule has 2 fully saturated rings. The summed E-state index contributed by atoms with van der Waals surface area (Å²) < 4.78 is 1.61. The van der Waals surface area contributed by atoms with Gasteiger partial charge in [-0.1, -0.05) is 74.5 Å². The van der Waals surface area contributed by atoms with Crippen LogP contribution in [0.4, 0.5) is 17.1 Å². The van der Waals surface area contributed by atoms with E-state index >= 15 is 0 Å². The van der Waals surface area contributed by atoms with Gasteiger partial charge in [-0.3, -0.25) is 33.9 Å². The van der Waals surface area contributed by atoms with Gasteiger partial charge in [-0.15, -0.1) is 0 Å². The molecule has 4 N–H and O–H groups in total. The fourth-order valence-electron chi connectivity index (χ4n) is 9.68. The summed E-state index contributed by atoms with van der Waals surface area (Å²) in [7, 11) is 0. The van der Waals surface area contributed by atoms with Crippen molar-refractivity contribution < 1.29 is 24.3 Å². The lowest BCUT2D eigenvalue weighted by atomic mass is 9.75. The Hall–Kier alpha value is -7.51. The third kappa shape index (κ3) is 5.68. The highest BCUT2D eigenvalue weighted by molar-refractivity contribution is 6.56. The maximum Gasteiger partial charge on any atom is 0.266 e. The minimum Gasteiger partial charge on any atom is -0.494 e.